The number of hydrogen-bond donors (Lipinski definition) is 0. The van der Waals surface area contributed by atoms with Crippen LogP contribution in [0.15, 0.2) is 176 Å². The molecule has 6 aromatic rings. The van der Waals surface area contributed by atoms with Gasteiger partial charge in [0.1, 0.15) is 15.9 Å². The molecule has 0 N–H and O–H groups in total. The molecule has 0 aliphatic heterocycles. The minimum absolute atomic E-state index is 0. The van der Waals surface area contributed by atoms with Gasteiger partial charge in [-0.2, -0.15) is 30.3 Å². The molecule has 0 atom stereocenters. The summed E-state index contributed by atoms with van der Waals surface area (Å²) in [7, 11) is 8.83. The Balaban J connectivity index is 0.000000244. The van der Waals surface area contributed by atoms with E-state index in [0.717, 1.165) is 6.42 Å². The fourth-order valence-electron chi connectivity index (χ4n) is 4.13. The van der Waals surface area contributed by atoms with E-state index in [2.05, 4.69) is 91.0 Å². The monoisotopic (exact) mass is 769 g/mol. The van der Waals surface area contributed by atoms with Crippen molar-refractivity contribution in [3.8, 4) is 0 Å². The van der Waals surface area contributed by atoms with E-state index in [1.807, 2.05) is 72.8 Å². The molecule has 0 spiro atoms. The van der Waals surface area contributed by atoms with Gasteiger partial charge in [-0.15, -0.1) is 0 Å². The second-order valence-electron chi connectivity index (χ2n) is 9.03. The van der Waals surface area contributed by atoms with E-state index in [1.54, 1.807) is 12.1 Å². The molecule has 0 aromatic heterocycles. The van der Waals surface area contributed by atoms with E-state index in [1.165, 1.54) is 21.5 Å². The maximum Gasteiger partial charge on any atom is 0.102 e. The van der Waals surface area contributed by atoms with Gasteiger partial charge in [0.25, 0.3) is 5.97 Å². The van der Waals surface area contributed by atoms with Gasteiger partial charge in [-0.3, -0.25) is 4.79 Å². The zero-order valence-electron chi connectivity index (χ0n) is 23.9. The second kappa shape index (κ2) is 23.6. The summed E-state index contributed by atoms with van der Waals surface area (Å²) in [5.74, 6) is -0.249. The van der Waals surface area contributed by atoms with Crippen LogP contribution in [-0.2, 0) is 43.4 Å². The van der Waals surface area contributed by atoms with Gasteiger partial charge in [0.15, 0.2) is 0 Å². The zero-order valence-corrected chi connectivity index (χ0v) is 29.3. The van der Waals surface area contributed by atoms with Gasteiger partial charge in [0, 0.05) is 23.5 Å². The Morgan fingerprint density at radius 2 is 1.02 bits per heavy atom. The molecule has 44 heavy (non-hydrogen) atoms. The van der Waals surface area contributed by atoms with Crippen LogP contribution in [0.2, 0.25) is 0 Å². The van der Waals surface area contributed by atoms with Crippen molar-refractivity contribution in [1.29, 1.82) is 0 Å². The van der Waals surface area contributed by atoms with Gasteiger partial charge in [0.05, 0.1) is 14.5 Å². The van der Waals surface area contributed by atoms with Gasteiger partial charge < -0.3 is 4.74 Å². The first-order valence-corrected chi connectivity index (χ1v) is 19.7. The van der Waals surface area contributed by atoms with Gasteiger partial charge in [-0.05, 0) is 42.0 Å². The molecule has 2 nitrogen and oxygen atoms in total. The Labute approximate surface area is 289 Å². The Morgan fingerprint density at radius 3 is 1.39 bits per heavy atom. The molecule has 0 saturated heterocycles. The van der Waals surface area contributed by atoms with Crippen LogP contribution in [0.4, 0.5) is 0 Å². The summed E-state index contributed by atoms with van der Waals surface area (Å²) in [4.78, 5) is 11.5. The third-order valence-corrected chi connectivity index (χ3v) is 8.84. The van der Waals surface area contributed by atoms with E-state index in [9.17, 15) is 4.79 Å². The predicted octanol–water partition coefficient (Wildman–Crippen LogP) is 8.76. The van der Waals surface area contributed by atoms with Crippen molar-refractivity contribution in [3.63, 3.8) is 0 Å². The van der Waals surface area contributed by atoms with Gasteiger partial charge >= 0.3 is 34.5 Å². The number of esters is 1. The summed E-state index contributed by atoms with van der Waals surface area (Å²) in [5, 5.41) is 4.31. The molecule has 6 aromatic carbocycles. The Hall–Kier alpha value is -2.80. The SMILES string of the molecule is O=C(OCCc1ccccc1)[c-]1cccc1.[Cl][Ru][Cl].[Fe].c1cc[cH-]c1.c1ccc([PH+](c2ccccc2)c2ccccc2)cc1. The van der Waals surface area contributed by atoms with Crippen LogP contribution in [0.25, 0.3) is 0 Å². The molecule has 0 unspecified atom stereocenters. The van der Waals surface area contributed by atoms with Crippen LogP contribution in [0.1, 0.15) is 15.9 Å². The first kappa shape index (κ1) is 37.4. The molecule has 0 aliphatic rings. The average molecular weight is 769 g/mol. The average Bonchev–Trinajstić information content (AvgIpc) is 3.83. The van der Waals surface area contributed by atoms with Crippen LogP contribution in [0.5, 0.6) is 0 Å². The Morgan fingerprint density at radius 1 is 0.636 bits per heavy atom. The Kier molecular flexibility index (Phi) is 20.0. The molecule has 6 rings (SSSR count). The first-order valence-electron chi connectivity index (χ1n) is 13.7. The van der Waals surface area contributed by atoms with E-state index in [0.29, 0.717) is 12.2 Å². The molecular formula is C37H34Cl2FeO2PRu-. The fourth-order valence-corrected chi connectivity index (χ4v) is 6.71. The minimum atomic E-state index is -0.877. The zero-order chi connectivity index (χ0) is 30.4. The quantitative estimate of drug-likeness (QED) is 0.0703. The Bertz CT molecular complexity index is 1380. The molecule has 230 valence electrons. The van der Waals surface area contributed by atoms with Gasteiger partial charge in [-0.25, -0.2) is 24.3 Å². The summed E-state index contributed by atoms with van der Waals surface area (Å²) < 4.78 is 5.15. The molecule has 0 amide bonds. The number of carbonyl (C=O) groups is 1. The third kappa shape index (κ3) is 14.3. The maximum atomic E-state index is 11.5. The van der Waals surface area contributed by atoms with E-state index < -0.39 is 7.92 Å². The summed E-state index contributed by atoms with van der Waals surface area (Å²) in [6.45, 7) is 0.425. The van der Waals surface area contributed by atoms with Crippen molar-refractivity contribution in [2.45, 2.75) is 6.42 Å². The third-order valence-electron chi connectivity index (χ3n) is 6.11. The van der Waals surface area contributed by atoms with Crippen LogP contribution >= 0.6 is 27.3 Å². The summed E-state index contributed by atoms with van der Waals surface area (Å²) in [5.41, 5.74) is 1.80. The summed E-state index contributed by atoms with van der Waals surface area (Å²) >= 11 is -0.346. The fraction of sp³-hybridized carbons (Fsp3) is 0.0541. The topological polar surface area (TPSA) is 26.3 Å². The van der Waals surface area contributed by atoms with Crippen molar-refractivity contribution >= 4 is 49.2 Å². The van der Waals surface area contributed by atoms with E-state index in [4.69, 9.17) is 24.1 Å². The molecule has 0 saturated carbocycles. The molecule has 7 heteroatoms. The number of rotatable bonds is 7. The largest absolute Gasteiger partial charge is 0.214 e. The molecule has 0 aliphatic carbocycles. The van der Waals surface area contributed by atoms with E-state index >= 15 is 0 Å². The number of ether oxygens (including phenoxy) is 1. The molecular weight excluding hydrogens is 735 g/mol. The maximum absolute atomic E-state index is 11.5. The van der Waals surface area contributed by atoms with Crippen molar-refractivity contribution in [2.75, 3.05) is 6.61 Å². The first-order chi connectivity index (χ1) is 21.2. The molecule has 0 radical (unpaired) electrons. The summed E-state index contributed by atoms with van der Waals surface area (Å²) in [6.07, 6.45) is 0.757. The van der Waals surface area contributed by atoms with Crippen LogP contribution < -0.4 is 15.9 Å². The van der Waals surface area contributed by atoms with Crippen LogP contribution in [0.3, 0.4) is 0 Å². The second-order valence-corrected chi connectivity index (χ2v) is 14.2. The smallest absolute Gasteiger partial charge is 0.102 e. The molecule has 0 bridgehead atoms. The summed E-state index contributed by atoms with van der Waals surface area (Å²) in [6, 6.07) is 59.6. The van der Waals surface area contributed by atoms with Gasteiger partial charge in [0.2, 0.25) is 0 Å². The minimum Gasteiger partial charge on any atom is -0.214 e. The van der Waals surface area contributed by atoms with Crippen molar-refractivity contribution in [3.05, 3.63) is 187 Å². The standard InChI is InChI=1S/C18H15P.C14H13O2.C5H5.2ClH.Fe.Ru/c1-4-10-16(11-5-1)19(17-12-6-2-7-13-17)18-14-8-3-9-15-18;15-14(13-8-4-5-9-13)16-11-10-12-6-2-1-3-7-12;1-2-4-5-3-1;;;;/h1-15H;1-9H,10-11H2;1-5H;2*1H;;/q;2*-1;;;;+2/p-1. The molecule has 0 fully saturated rings. The number of carbonyl (C=O) groups excluding carboxylic acids is 1. The number of hydrogen-bond acceptors (Lipinski definition) is 2. The number of benzene rings is 4. The normalized spacial score (nSPS) is 9.61. The van der Waals surface area contributed by atoms with Gasteiger partial charge in [-0.1, -0.05) is 90.5 Å². The van der Waals surface area contributed by atoms with Crippen molar-refractivity contribution in [1.82, 2.24) is 0 Å². The van der Waals surface area contributed by atoms with Crippen molar-refractivity contribution in [2.24, 2.45) is 0 Å². The van der Waals surface area contributed by atoms with Crippen molar-refractivity contribution < 1.29 is 41.7 Å². The van der Waals surface area contributed by atoms with E-state index in [-0.39, 0.29) is 38.2 Å². The molecule has 0 heterocycles. The van der Waals surface area contributed by atoms with Crippen LogP contribution in [0, 0.1) is 0 Å². The number of halogens is 2. The predicted molar refractivity (Wildman–Crippen MR) is 183 cm³/mol. The van der Waals surface area contributed by atoms with Crippen LogP contribution in [-0.4, -0.2) is 12.6 Å².